The second-order valence-corrected chi connectivity index (χ2v) is 5.48. The van der Waals surface area contributed by atoms with Gasteiger partial charge in [0.15, 0.2) is 0 Å². The van der Waals surface area contributed by atoms with Gasteiger partial charge in [0, 0.05) is 6.54 Å². The SMILES string of the molecule is CC.O=C(OCc1ccccc1)N1Cc2ccccc2CC1CO. The highest BCUT2D eigenvalue weighted by molar-refractivity contribution is 5.68. The van der Waals surface area contributed by atoms with Crippen LogP contribution in [0.4, 0.5) is 4.79 Å². The molecule has 1 aliphatic heterocycles. The Hall–Kier alpha value is -2.33. The maximum Gasteiger partial charge on any atom is 0.410 e. The number of hydrogen-bond donors (Lipinski definition) is 1. The van der Waals surface area contributed by atoms with Crippen LogP contribution in [-0.4, -0.2) is 28.7 Å². The molecule has 0 radical (unpaired) electrons. The summed E-state index contributed by atoms with van der Waals surface area (Å²) in [6, 6.07) is 17.4. The van der Waals surface area contributed by atoms with Gasteiger partial charge < -0.3 is 9.84 Å². The summed E-state index contributed by atoms with van der Waals surface area (Å²) in [6.07, 6.45) is 0.282. The van der Waals surface area contributed by atoms with E-state index in [1.54, 1.807) is 4.90 Å². The molecule has 1 aliphatic rings. The number of aliphatic hydroxyl groups is 1. The summed E-state index contributed by atoms with van der Waals surface area (Å²) in [5.41, 5.74) is 3.26. The summed E-state index contributed by atoms with van der Waals surface area (Å²) >= 11 is 0. The van der Waals surface area contributed by atoms with Crippen LogP contribution in [0.5, 0.6) is 0 Å². The van der Waals surface area contributed by atoms with Gasteiger partial charge >= 0.3 is 6.09 Å². The molecule has 1 amide bonds. The Kier molecular flexibility index (Phi) is 6.82. The third-order valence-electron chi connectivity index (χ3n) is 4.01. The predicted molar refractivity (Wildman–Crippen MR) is 94.5 cm³/mol. The van der Waals surface area contributed by atoms with E-state index < -0.39 is 0 Å². The number of carbonyl (C=O) groups is 1. The summed E-state index contributed by atoms with van der Waals surface area (Å²) in [5.74, 6) is 0. The average Bonchev–Trinajstić information content (AvgIpc) is 2.67. The predicted octanol–water partition coefficient (Wildman–Crippen LogP) is 3.77. The maximum absolute atomic E-state index is 12.3. The maximum atomic E-state index is 12.3. The zero-order valence-electron chi connectivity index (χ0n) is 14.3. The zero-order chi connectivity index (χ0) is 17.4. The fraction of sp³-hybridized carbons (Fsp3) is 0.350. The quantitative estimate of drug-likeness (QED) is 0.933. The number of ether oxygens (including phenoxy) is 1. The lowest BCUT2D eigenvalue weighted by atomic mass is 9.95. The molecule has 1 N–H and O–H groups in total. The van der Waals surface area contributed by atoms with Gasteiger partial charge in [-0.1, -0.05) is 68.4 Å². The van der Waals surface area contributed by atoms with Gasteiger partial charge in [-0.3, -0.25) is 4.90 Å². The van der Waals surface area contributed by atoms with Crippen LogP contribution >= 0.6 is 0 Å². The van der Waals surface area contributed by atoms with Crippen LogP contribution in [0.3, 0.4) is 0 Å². The molecule has 0 spiro atoms. The average molecular weight is 327 g/mol. The number of hydrogen-bond acceptors (Lipinski definition) is 3. The molecule has 4 heteroatoms. The van der Waals surface area contributed by atoms with Crippen molar-refractivity contribution in [3.05, 3.63) is 71.3 Å². The molecular formula is C20H25NO3. The molecule has 4 nitrogen and oxygen atoms in total. The molecule has 2 aromatic rings. The zero-order valence-corrected chi connectivity index (χ0v) is 14.3. The van der Waals surface area contributed by atoms with E-state index >= 15 is 0 Å². The van der Waals surface area contributed by atoms with Crippen LogP contribution in [0, 0.1) is 0 Å². The number of nitrogens with zero attached hydrogens (tertiary/aromatic N) is 1. The lowest BCUT2D eigenvalue weighted by Gasteiger charge is -2.35. The van der Waals surface area contributed by atoms with E-state index in [-0.39, 0.29) is 25.3 Å². The Morgan fingerprint density at radius 1 is 1.08 bits per heavy atom. The van der Waals surface area contributed by atoms with E-state index in [1.165, 1.54) is 5.56 Å². The van der Waals surface area contributed by atoms with Crippen molar-refractivity contribution < 1.29 is 14.6 Å². The van der Waals surface area contributed by atoms with E-state index in [4.69, 9.17) is 4.74 Å². The van der Waals surface area contributed by atoms with Crippen molar-refractivity contribution in [3.63, 3.8) is 0 Å². The monoisotopic (exact) mass is 327 g/mol. The topological polar surface area (TPSA) is 49.8 Å². The van der Waals surface area contributed by atoms with Crippen LogP contribution in [0.25, 0.3) is 0 Å². The second kappa shape index (κ2) is 9.08. The van der Waals surface area contributed by atoms with Crippen LogP contribution < -0.4 is 0 Å². The summed E-state index contributed by atoms with van der Waals surface area (Å²) in [6.45, 7) is 4.67. The lowest BCUT2D eigenvalue weighted by molar-refractivity contribution is 0.0563. The van der Waals surface area contributed by atoms with E-state index in [0.717, 1.165) is 11.1 Å². The van der Waals surface area contributed by atoms with E-state index in [1.807, 2.05) is 68.4 Å². The van der Waals surface area contributed by atoms with Crippen molar-refractivity contribution in [2.45, 2.75) is 39.5 Å². The number of benzene rings is 2. The van der Waals surface area contributed by atoms with Crippen LogP contribution in [0.2, 0.25) is 0 Å². The summed E-state index contributed by atoms with van der Waals surface area (Å²) < 4.78 is 5.39. The Morgan fingerprint density at radius 2 is 1.71 bits per heavy atom. The van der Waals surface area contributed by atoms with Crippen molar-refractivity contribution in [1.82, 2.24) is 4.90 Å². The highest BCUT2D eigenvalue weighted by Gasteiger charge is 2.30. The van der Waals surface area contributed by atoms with Crippen molar-refractivity contribution in [2.24, 2.45) is 0 Å². The Balaban J connectivity index is 0.00000100. The molecule has 0 saturated heterocycles. The van der Waals surface area contributed by atoms with Crippen LogP contribution in [-0.2, 0) is 24.3 Å². The lowest BCUT2D eigenvalue weighted by Crippen LogP contribution is -2.46. The highest BCUT2D eigenvalue weighted by Crippen LogP contribution is 2.24. The molecule has 1 atom stereocenters. The largest absolute Gasteiger partial charge is 0.445 e. The minimum atomic E-state index is -0.377. The smallest absolute Gasteiger partial charge is 0.410 e. The van der Waals surface area contributed by atoms with Gasteiger partial charge in [-0.15, -0.1) is 0 Å². The van der Waals surface area contributed by atoms with Gasteiger partial charge in [0.1, 0.15) is 6.61 Å². The van der Waals surface area contributed by atoms with Gasteiger partial charge in [-0.25, -0.2) is 4.79 Å². The number of rotatable bonds is 3. The number of amides is 1. The van der Waals surface area contributed by atoms with Gasteiger partial charge in [0.25, 0.3) is 0 Å². The van der Waals surface area contributed by atoms with Crippen molar-refractivity contribution in [1.29, 1.82) is 0 Å². The summed E-state index contributed by atoms with van der Waals surface area (Å²) in [7, 11) is 0. The minimum Gasteiger partial charge on any atom is -0.445 e. The van der Waals surface area contributed by atoms with Crippen molar-refractivity contribution >= 4 is 6.09 Å². The molecule has 3 rings (SSSR count). The second-order valence-electron chi connectivity index (χ2n) is 5.48. The molecule has 0 fully saturated rings. The summed E-state index contributed by atoms with van der Waals surface area (Å²) in [5, 5.41) is 9.57. The molecule has 0 saturated carbocycles. The van der Waals surface area contributed by atoms with Gasteiger partial charge in [0.05, 0.1) is 12.6 Å². The van der Waals surface area contributed by atoms with Gasteiger partial charge in [-0.05, 0) is 23.1 Å². The molecule has 0 aromatic heterocycles. The van der Waals surface area contributed by atoms with Crippen LogP contribution in [0.15, 0.2) is 54.6 Å². The molecule has 128 valence electrons. The Morgan fingerprint density at radius 3 is 2.38 bits per heavy atom. The first-order valence-electron chi connectivity index (χ1n) is 8.43. The first-order chi connectivity index (χ1) is 11.8. The number of carbonyl (C=O) groups excluding carboxylic acids is 1. The third-order valence-corrected chi connectivity index (χ3v) is 4.01. The minimum absolute atomic E-state index is 0.0607. The summed E-state index contributed by atoms with van der Waals surface area (Å²) in [4.78, 5) is 14.0. The highest BCUT2D eigenvalue weighted by atomic mass is 16.6. The molecule has 1 heterocycles. The molecular weight excluding hydrogens is 302 g/mol. The number of fused-ring (bicyclic) bond motifs is 1. The Labute approximate surface area is 143 Å². The normalized spacial score (nSPS) is 15.8. The standard InChI is InChI=1S/C18H19NO3.C2H6/c20-12-17-10-15-8-4-5-9-16(15)11-19(17)18(21)22-13-14-6-2-1-3-7-14;1-2/h1-9,17,20H,10-13H2;1-2H3. The molecule has 24 heavy (non-hydrogen) atoms. The molecule has 0 aliphatic carbocycles. The molecule has 2 aromatic carbocycles. The number of aliphatic hydroxyl groups excluding tert-OH is 1. The first-order valence-corrected chi connectivity index (χ1v) is 8.43. The third kappa shape index (κ3) is 4.36. The van der Waals surface area contributed by atoms with E-state index in [0.29, 0.717) is 13.0 Å². The van der Waals surface area contributed by atoms with Crippen LogP contribution in [0.1, 0.15) is 30.5 Å². The van der Waals surface area contributed by atoms with Crippen molar-refractivity contribution in [3.8, 4) is 0 Å². The first kappa shape index (κ1) is 18.0. The fourth-order valence-electron chi connectivity index (χ4n) is 2.77. The Bertz CT molecular complexity index is 642. The van der Waals surface area contributed by atoms with E-state index in [9.17, 15) is 9.90 Å². The van der Waals surface area contributed by atoms with Crippen molar-refractivity contribution in [2.75, 3.05) is 6.61 Å². The van der Waals surface area contributed by atoms with Gasteiger partial charge in [-0.2, -0.15) is 0 Å². The van der Waals surface area contributed by atoms with Gasteiger partial charge in [0.2, 0.25) is 0 Å². The van der Waals surface area contributed by atoms with E-state index in [2.05, 4.69) is 0 Å². The molecule has 0 bridgehead atoms. The molecule has 1 unspecified atom stereocenters. The fourth-order valence-corrected chi connectivity index (χ4v) is 2.77.